The number of anilines is 1. The normalized spacial score (nSPS) is 9.93. The van der Waals surface area contributed by atoms with Crippen molar-refractivity contribution in [3.05, 3.63) is 28.8 Å². The average Bonchev–Trinajstić information content (AvgIpc) is 2.20. The van der Waals surface area contributed by atoms with Gasteiger partial charge in [0.25, 0.3) is 5.91 Å². The van der Waals surface area contributed by atoms with Gasteiger partial charge in [0, 0.05) is 12.6 Å². The Kier molecular flexibility index (Phi) is 3.33. The van der Waals surface area contributed by atoms with Crippen LogP contribution in [0.1, 0.15) is 10.4 Å². The maximum absolute atomic E-state index is 11.5. The van der Waals surface area contributed by atoms with Crippen LogP contribution in [0, 0.1) is 0 Å². The molecule has 76 valence electrons. The van der Waals surface area contributed by atoms with E-state index in [1.165, 1.54) is 20.2 Å². The third-order valence-corrected chi connectivity index (χ3v) is 2.13. The van der Waals surface area contributed by atoms with Crippen molar-refractivity contribution in [3.8, 4) is 0 Å². The van der Waals surface area contributed by atoms with E-state index >= 15 is 0 Å². The second-order valence-corrected chi connectivity index (χ2v) is 3.13. The minimum absolute atomic E-state index is 0.269. The second kappa shape index (κ2) is 4.30. The van der Waals surface area contributed by atoms with Gasteiger partial charge in [-0.25, -0.2) is 5.06 Å². The predicted molar refractivity (Wildman–Crippen MR) is 55.0 cm³/mol. The Hall–Kier alpha value is -1.26. The summed E-state index contributed by atoms with van der Waals surface area (Å²) in [6.45, 7) is 0. The minimum atomic E-state index is -0.269. The van der Waals surface area contributed by atoms with Crippen molar-refractivity contribution in [2.75, 3.05) is 19.9 Å². The summed E-state index contributed by atoms with van der Waals surface area (Å²) in [6, 6.07) is 4.69. The zero-order valence-corrected chi connectivity index (χ0v) is 8.71. The molecule has 1 rings (SSSR count). The van der Waals surface area contributed by atoms with E-state index in [1.54, 1.807) is 12.1 Å². The number of benzene rings is 1. The third-order valence-electron chi connectivity index (χ3n) is 1.81. The first kappa shape index (κ1) is 10.8. The Labute approximate surface area is 87.2 Å². The maximum atomic E-state index is 11.5. The van der Waals surface area contributed by atoms with Crippen molar-refractivity contribution in [1.29, 1.82) is 0 Å². The average molecular weight is 215 g/mol. The number of nitrogen functional groups attached to an aromatic ring is 1. The Balaban J connectivity index is 2.97. The lowest BCUT2D eigenvalue weighted by molar-refractivity contribution is -0.0756. The molecule has 0 saturated heterocycles. The van der Waals surface area contributed by atoms with E-state index in [-0.39, 0.29) is 5.91 Å². The number of hydrogen-bond donors (Lipinski definition) is 1. The summed E-state index contributed by atoms with van der Waals surface area (Å²) in [6.07, 6.45) is 0. The standard InChI is InChI=1S/C9H11ClN2O2/c1-12(14-2)9(13)6-3-4-8(11)7(10)5-6/h3-5H,11H2,1-2H3. The van der Waals surface area contributed by atoms with Gasteiger partial charge in [0.05, 0.1) is 17.8 Å². The molecule has 1 amide bonds. The highest BCUT2D eigenvalue weighted by atomic mass is 35.5. The summed E-state index contributed by atoms with van der Waals surface area (Å²) < 4.78 is 0. The molecule has 0 fully saturated rings. The van der Waals surface area contributed by atoms with Crippen LogP contribution in [0.25, 0.3) is 0 Å². The molecule has 0 aliphatic heterocycles. The summed E-state index contributed by atoms with van der Waals surface area (Å²) in [5, 5.41) is 1.47. The fraction of sp³-hybridized carbons (Fsp3) is 0.222. The van der Waals surface area contributed by atoms with Crippen molar-refractivity contribution in [3.63, 3.8) is 0 Å². The van der Waals surface area contributed by atoms with Crippen molar-refractivity contribution in [2.24, 2.45) is 0 Å². The van der Waals surface area contributed by atoms with E-state index in [0.717, 1.165) is 5.06 Å². The number of hydrogen-bond acceptors (Lipinski definition) is 3. The van der Waals surface area contributed by atoms with Gasteiger partial charge in [-0.3, -0.25) is 9.63 Å². The molecule has 14 heavy (non-hydrogen) atoms. The van der Waals surface area contributed by atoms with E-state index in [4.69, 9.17) is 22.2 Å². The van der Waals surface area contributed by atoms with E-state index in [9.17, 15) is 4.79 Å². The molecule has 0 saturated carbocycles. The highest BCUT2D eigenvalue weighted by Crippen LogP contribution is 2.20. The first-order valence-electron chi connectivity index (χ1n) is 3.93. The molecule has 1 aromatic carbocycles. The van der Waals surface area contributed by atoms with Crippen molar-refractivity contribution >= 4 is 23.2 Å². The van der Waals surface area contributed by atoms with Crippen LogP contribution in [0.5, 0.6) is 0 Å². The zero-order chi connectivity index (χ0) is 10.7. The van der Waals surface area contributed by atoms with Gasteiger partial charge in [0.1, 0.15) is 0 Å². The summed E-state index contributed by atoms with van der Waals surface area (Å²) in [7, 11) is 2.93. The maximum Gasteiger partial charge on any atom is 0.277 e. The molecule has 0 atom stereocenters. The summed E-state index contributed by atoms with van der Waals surface area (Å²) in [5.41, 5.74) is 6.40. The molecule has 0 unspecified atom stereocenters. The van der Waals surface area contributed by atoms with Crippen LogP contribution in [-0.4, -0.2) is 25.1 Å². The fourth-order valence-corrected chi connectivity index (χ4v) is 1.11. The molecule has 0 aromatic heterocycles. The van der Waals surface area contributed by atoms with Crippen molar-refractivity contribution in [2.45, 2.75) is 0 Å². The van der Waals surface area contributed by atoms with E-state index < -0.39 is 0 Å². The molecule has 0 aliphatic carbocycles. The van der Waals surface area contributed by atoms with Crippen LogP contribution >= 0.6 is 11.6 Å². The Bertz CT molecular complexity index is 355. The first-order valence-corrected chi connectivity index (χ1v) is 4.31. The topological polar surface area (TPSA) is 55.6 Å². The van der Waals surface area contributed by atoms with Gasteiger partial charge in [0.15, 0.2) is 0 Å². The summed E-state index contributed by atoms with van der Waals surface area (Å²) >= 11 is 5.77. The number of halogens is 1. The number of amides is 1. The van der Waals surface area contributed by atoms with Crippen LogP contribution in [0.4, 0.5) is 5.69 Å². The smallest absolute Gasteiger partial charge is 0.277 e. The van der Waals surface area contributed by atoms with Crippen molar-refractivity contribution in [1.82, 2.24) is 5.06 Å². The van der Waals surface area contributed by atoms with Gasteiger partial charge in [-0.15, -0.1) is 0 Å². The molecule has 1 aromatic rings. The molecular weight excluding hydrogens is 204 g/mol. The molecule has 0 heterocycles. The monoisotopic (exact) mass is 214 g/mol. The first-order chi connectivity index (χ1) is 6.56. The molecule has 4 nitrogen and oxygen atoms in total. The van der Waals surface area contributed by atoms with Gasteiger partial charge in [-0.05, 0) is 18.2 Å². The SMILES string of the molecule is CON(C)C(=O)c1ccc(N)c(Cl)c1. The summed E-state index contributed by atoms with van der Waals surface area (Å²) in [4.78, 5) is 16.3. The summed E-state index contributed by atoms with van der Waals surface area (Å²) in [5.74, 6) is -0.269. The predicted octanol–water partition coefficient (Wildman–Crippen LogP) is 1.56. The third kappa shape index (κ3) is 2.16. The van der Waals surface area contributed by atoms with Gasteiger partial charge >= 0.3 is 0 Å². The molecule has 0 aliphatic rings. The van der Waals surface area contributed by atoms with Crippen LogP contribution in [0.2, 0.25) is 5.02 Å². The Morgan fingerprint density at radius 1 is 1.57 bits per heavy atom. The molecular formula is C9H11ClN2O2. The van der Waals surface area contributed by atoms with Crippen molar-refractivity contribution < 1.29 is 9.63 Å². The zero-order valence-electron chi connectivity index (χ0n) is 7.95. The second-order valence-electron chi connectivity index (χ2n) is 2.72. The highest BCUT2D eigenvalue weighted by Gasteiger charge is 2.11. The van der Waals surface area contributed by atoms with Crippen LogP contribution in [0.15, 0.2) is 18.2 Å². The van der Waals surface area contributed by atoms with Crippen LogP contribution in [0.3, 0.4) is 0 Å². The fourth-order valence-electron chi connectivity index (χ4n) is 0.925. The van der Waals surface area contributed by atoms with E-state index in [0.29, 0.717) is 16.3 Å². The largest absolute Gasteiger partial charge is 0.398 e. The molecule has 0 radical (unpaired) electrons. The van der Waals surface area contributed by atoms with Gasteiger partial charge < -0.3 is 5.73 Å². The van der Waals surface area contributed by atoms with Gasteiger partial charge in [0.2, 0.25) is 0 Å². The highest BCUT2D eigenvalue weighted by molar-refractivity contribution is 6.33. The minimum Gasteiger partial charge on any atom is -0.398 e. The lowest BCUT2D eigenvalue weighted by Crippen LogP contribution is -2.25. The molecule has 0 bridgehead atoms. The van der Waals surface area contributed by atoms with Gasteiger partial charge in [-0.1, -0.05) is 11.6 Å². The molecule has 2 N–H and O–H groups in total. The number of carbonyl (C=O) groups excluding carboxylic acids is 1. The number of carbonyl (C=O) groups is 1. The van der Waals surface area contributed by atoms with Gasteiger partial charge in [-0.2, -0.15) is 0 Å². The Morgan fingerprint density at radius 2 is 2.21 bits per heavy atom. The number of nitrogens with two attached hydrogens (primary N) is 1. The molecule has 5 heteroatoms. The number of hydroxylamine groups is 2. The lowest BCUT2D eigenvalue weighted by atomic mass is 10.2. The van der Waals surface area contributed by atoms with E-state index in [1.807, 2.05) is 0 Å². The quantitative estimate of drug-likeness (QED) is 0.601. The number of nitrogens with zero attached hydrogens (tertiary/aromatic N) is 1. The van der Waals surface area contributed by atoms with E-state index in [2.05, 4.69) is 0 Å². The number of rotatable bonds is 2. The molecule has 0 spiro atoms. The van der Waals surface area contributed by atoms with Crippen LogP contribution < -0.4 is 5.73 Å². The Morgan fingerprint density at radius 3 is 2.71 bits per heavy atom. The van der Waals surface area contributed by atoms with Crippen LogP contribution in [-0.2, 0) is 4.84 Å². The lowest BCUT2D eigenvalue weighted by Gasteiger charge is -2.13.